The van der Waals surface area contributed by atoms with E-state index in [0.717, 1.165) is 18.9 Å². The van der Waals surface area contributed by atoms with E-state index in [-0.39, 0.29) is 5.41 Å². The average Bonchev–Trinajstić information content (AvgIpc) is 2.82. The lowest BCUT2D eigenvalue weighted by molar-refractivity contribution is -0.536. The summed E-state index contributed by atoms with van der Waals surface area (Å²) in [6.07, 6.45) is 5.61. The Bertz CT molecular complexity index is 585. The van der Waals surface area contributed by atoms with Crippen molar-refractivity contribution in [1.82, 2.24) is 0 Å². The molecule has 0 bridgehead atoms. The van der Waals surface area contributed by atoms with Crippen LogP contribution < -0.4 is 0 Å². The van der Waals surface area contributed by atoms with Crippen LogP contribution >= 0.6 is 0 Å². The van der Waals surface area contributed by atoms with Gasteiger partial charge in [-0.2, -0.15) is 4.58 Å². The van der Waals surface area contributed by atoms with Gasteiger partial charge in [-0.25, -0.2) is 0 Å². The maximum Gasteiger partial charge on any atom is 0.351 e. The summed E-state index contributed by atoms with van der Waals surface area (Å²) in [6, 6.07) is 9.20. The van der Waals surface area contributed by atoms with Crippen molar-refractivity contribution in [2.45, 2.75) is 38.6 Å². The number of fused-ring (bicyclic) bond motifs is 1. The number of hydrogen-bond acceptors (Lipinski definition) is 1. The lowest BCUT2D eigenvalue weighted by atomic mass is 9.75. The highest BCUT2D eigenvalue weighted by molar-refractivity contribution is 5.88. The van der Waals surface area contributed by atoms with Crippen molar-refractivity contribution < 1.29 is 9.31 Å². The molecule has 1 aromatic rings. The molecule has 3 rings (SSSR count). The van der Waals surface area contributed by atoms with Gasteiger partial charge in [-0.3, -0.25) is 0 Å². The van der Waals surface area contributed by atoms with E-state index in [9.17, 15) is 0 Å². The smallest absolute Gasteiger partial charge is 0.351 e. The van der Waals surface area contributed by atoms with Gasteiger partial charge in [0, 0.05) is 5.92 Å². The second-order valence-corrected chi connectivity index (χ2v) is 6.50. The molecule has 1 aliphatic carbocycles. The standard InChI is InChI=1S/C18H24NO/c1-13(2)16-12-20-17(19(16)4)18(3)11-7-9-14-8-5-6-10-15(14)18/h5-8,10-11,13,16H,9,12H2,1-4H3/q+1/t16-,18+/m1/s1. The molecule has 2 aliphatic rings. The molecule has 0 amide bonds. The Morgan fingerprint density at radius 3 is 2.75 bits per heavy atom. The molecule has 0 spiro atoms. The minimum atomic E-state index is -0.132. The van der Waals surface area contributed by atoms with Crippen LogP contribution in [0.25, 0.3) is 0 Å². The summed E-state index contributed by atoms with van der Waals surface area (Å²) in [7, 11) is 2.17. The quantitative estimate of drug-likeness (QED) is 0.594. The van der Waals surface area contributed by atoms with Crippen LogP contribution in [-0.4, -0.2) is 30.2 Å². The van der Waals surface area contributed by atoms with E-state index in [1.165, 1.54) is 11.1 Å². The Hall–Kier alpha value is -1.57. The van der Waals surface area contributed by atoms with Gasteiger partial charge in [-0.05, 0) is 24.5 Å². The van der Waals surface area contributed by atoms with Gasteiger partial charge in [0.1, 0.15) is 12.5 Å². The number of rotatable bonds is 2. The van der Waals surface area contributed by atoms with E-state index in [0.29, 0.717) is 12.0 Å². The number of hydrogen-bond donors (Lipinski definition) is 0. The molecule has 2 atom stereocenters. The summed E-state index contributed by atoms with van der Waals surface area (Å²) in [5, 5.41) is 0. The molecule has 0 radical (unpaired) electrons. The van der Waals surface area contributed by atoms with Crippen LogP contribution in [-0.2, 0) is 16.6 Å². The van der Waals surface area contributed by atoms with Crippen LogP contribution in [0.4, 0.5) is 0 Å². The molecule has 0 fully saturated rings. The molecule has 106 valence electrons. The van der Waals surface area contributed by atoms with Crippen LogP contribution in [0.2, 0.25) is 0 Å². The molecule has 2 heteroatoms. The fraction of sp³-hybridized carbons (Fsp3) is 0.500. The first-order valence-electron chi connectivity index (χ1n) is 7.53. The fourth-order valence-corrected chi connectivity index (χ4v) is 3.59. The number of nitrogens with zero attached hydrogens (tertiary/aromatic N) is 1. The maximum atomic E-state index is 6.13. The van der Waals surface area contributed by atoms with Crippen molar-refractivity contribution in [3.63, 3.8) is 0 Å². The third-order valence-corrected chi connectivity index (χ3v) is 4.79. The zero-order valence-electron chi connectivity index (χ0n) is 12.9. The lowest BCUT2D eigenvalue weighted by Crippen LogP contribution is -2.38. The number of ether oxygens (including phenoxy) is 1. The molecule has 1 aromatic carbocycles. The molecular formula is C18H24NO+. The van der Waals surface area contributed by atoms with Crippen LogP contribution in [0.3, 0.4) is 0 Å². The molecule has 0 N–H and O–H groups in total. The highest BCUT2D eigenvalue weighted by Crippen LogP contribution is 2.36. The van der Waals surface area contributed by atoms with Gasteiger partial charge in [0.15, 0.2) is 12.6 Å². The van der Waals surface area contributed by atoms with E-state index < -0.39 is 0 Å². The first-order chi connectivity index (χ1) is 9.54. The number of allylic oxidation sites excluding steroid dienone is 1. The summed E-state index contributed by atoms with van der Waals surface area (Å²) < 4.78 is 8.47. The summed E-state index contributed by atoms with van der Waals surface area (Å²) in [6.45, 7) is 7.60. The number of benzene rings is 1. The largest absolute Gasteiger partial charge is 0.440 e. The highest BCUT2D eigenvalue weighted by atomic mass is 16.5. The van der Waals surface area contributed by atoms with Gasteiger partial charge >= 0.3 is 5.90 Å². The zero-order chi connectivity index (χ0) is 14.3. The molecular weight excluding hydrogens is 246 g/mol. The van der Waals surface area contributed by atoms with Crippen molar-refractivity contribution in [3.05, 3.63) is 47.5 Å². The monoisotopic (exact) mass is 270 g/mol. The second kappa shape index (κ2) is 4.76. The SMILES string of the molecule is CC(C)[C@H]1COC([C@@]2(C)C=CCc3ccccc32)=[N+]1C. The van der Waals surface area contributed by atoms with E-state index in [4.69, 9.17) is 4.74 Å². The predicted octanol–water partition coefficient (Wildman–Crippen LogP) is 3.15. The van der Waals surface area contributed by atoms with Crippen molar-refractivity contribution in [2.24, 2.45) is 5.92 Å². The van der Waals surface area contributed by atoms with Gasteiger partial charge in [0.2, 0.25) is 0 Å². The maximum absolute atomic E-state index is 6.13. The van der Waals surface area contributed by atoms with Gasteiger partial charge < -0.3 is 4.74 Å². The first-order valence-corrected chi connectivity index (χ1v) is 7.53. The van der Waals surface area contributed by atoms with Crippen LogP contribution in [0, 0.1) is 5.92 Å². The molecule has 20 heavy (non-hydrogen) atoms. The van der Waals surface area contributed by atoms with Gasteiger partial charge in [-0.1, -0.05) is 50.3 Å². The Kier molecular flexibility index (Phi) is 3.19. The molecule has 0 saturated carbocycles. The van der Waals surface area contributed by atoms with Crippen LogP contribution in [0.5, 0.6) is 0 Å². The van der Waals surface area contributed by atoms with Gasteiger partial charge in [0.05, 0.1) is 0 Å². The van der Waals surface area contributed by atoms with Crippen molar-refractivity contribution in [2.75, 3.05) is 13.7 Å². The molecule has 2 nitrogen and oxygen atoms in total. The summed E-state index contributed by atoms with van der Waals surface area (Å²) in [4.78, 5) is 0. The third-order valence-electron chi connectivity index (χ3n) is 4.79. The van der Waals surface area contributed by atoms with Gasteiger partial charge in [0.25, 0.3) is 0 Å². The van der Waals surface area contributed by atoms with Crippen molar-refractivity contribution >= 4 is 5.90 Å². The lowest BCUT2D eigenvalue weighted by Gasteiger charge is -2.28. The molecule has 1 aliphatic heterocycles. The molecule has 0 aromatic heterocycles. The van der Waals surface area contributed by atoms with Crippen molar-refractivity contribution in [1.29, 1.82) is 0 Å². The Labute approximate surface area is 121 Å². The van der Waals surface area contributed by atoms with E-state index in [2.05, 4.69) is 68.8 Å². The minimum absolute atomic E-state index is 0.132. The Balaban J connectivity index is 2.09. The van der Waals surface area contributed by atoms with Gasteiger partial charge in [-0.15, -0.1) is 0 Å². The van der Waals surface area contributed by atoms with Crippen LogP contribution in [0.1, 0.15) is 31.9 Å². The highest BCUT2D eigenvalue weighted by Gasteiger charge is 2.47. The van der Waals surface area contributed by atoms with E-state index in [1.807, 2.05) is 0 Å². The summed E-state index contributed by atoms with van der Waals surface area (Å²) in [5.41, 5.74) is 2.66. The fourth-order valence-electron chi connectivity index (χ4n) is 3.59. The topological polar surface area (TPSA) is 12.2 Å². The molecule has 0 saturated heterocycles. The average molecular weight is 270 g/mol. The Morgan fingerprint density at radius 1 is 1.30 bits per heavy atom. The zero-order valence-corrected chi connectivity index (χ0v) is 12.9. The third kappa shape index (κ3) is 1.90. The summed E-state index contributed by atoms with van der Waals surface area (Å²) >= 11 is 0. The summed E-state index contributed by atoms with van der Waals surface area (Å²) in [5.74, 6) is 1.70. The van der Waals surface area contributed by atoms with Crippen molar-refractivity contribution in [3.8, 4) is 0 Å². The van der Waals surface area contributed by atoms with E-state index in [1.54, 1.807) is 0 Å². The first kappa shape index (κ1) is 13.4. The Morgan fingerprint density at radius 2 is 2.05 bits per heavy atom. The minimum Gasteiger partial charge on any atom is -0.440 e. The van der Waals surface area contributed by atoms with E-state index >= 15 is 0 Å². The normalized spacial score (nSPS) is 28.8. The molecule has 1 heterocycles. The predicted molar refractivity (Wildman–Crippen MR) is 82.4 cm³/mol. The second-order valence-electron chi connectivity index (χ2n) is 6.50. The number of likely N-dealkylation sites (N-methyl/N-ethyl adjacent to an activating group) is 1. The van der Waals surface area contributed by atoms with Crippen LogP contribution in [0.15, 0.2) is 36.4 Å². The molecule has 0 unspecified atom stereocenters.